The van der Waals surface area contributed by atoms with Crippen LogP contribution in [0.5, 0.6) is 0 Å². The summed E-state index contributed by atoms with van der Waals surface area (Å²) in [5.74, 6) is 0.235. The second kappa shape index (κ2) is 9.38. The maximum Gasteiger partial charge on any atom is 0.243 e. The highest BCUT2D eigenvalue weighted by Gasteiger charge is 2.31. The molecule has 2 amide bonds. The Bertz CT molecular complexity index is 652. The van der Waals surface area contributed by atoms with E-state index in [0.29, 0.717) is 0 Å². The summed E-state index contributed by atoms with van der Waals surface area (Å²) >= 11 is 0. The van der Waals surface area contributed by atoms with Gasteiger partial charge in [-0.2, -0.15) is 0 Å². The summed E-state index contributed by atoms with van der Waals surface area (Å²) in [6, 6.07) is 8.00. The van der Waals surface area contributed by atoms with Crippen molar-refractivity contribution in [2.24, 2.45) is 11.8 Å². The molecule has 1 fully saturated rings. The van der Waals surface area contributed by atoms with Gasteiger partial charge in [0.25, 0.3) is 0 Å². The van der Waals surface area contributed by atoms with E-state index >= 15 is 0 Å². The molecule has 148 valence electrons. The quantitative estimate of drug-likeness (QED) is 0.785. The normalized spacial score (nSPS) is 22.4. The molecule has 2 aliphatic rings. The predicted octanol–water partition coefficient (Wildman–Crippen LogP) is 4.29. The Labute approximate surface area is 163 Å². The number of benzene rings is 1. The maximum atomic E-state index is 13.1. The summed E-state index contributed by atoms with van der Waals surface area (Å²) in [6.45, 7) is 4.13. The fourth-order valence-electron chi connectivity index (χ4n) is 4.50. The highest BCUT2D eigenvalue weighted by Crippen LogP contribution is 2.30. The molecule has 0 aromatic heterocycles. The minimum absolute atomic E-state index is 0.0322. The first-order chi connectivity index (χ1) is 13.1. The van der Waals surface area contributed by atoms with Crippen LogP contribution in [0.3, 0.4) is 0 Å². The number of hydrogen-bond acceptors (Lipinski definition) is 2. The number of aryl methyl sites for hydroxylation is 1. The van der Waals surface area contributed by atoms with E-state index in [1.54, 1.807) is 0 Å². The van der Waals surface area contributed by atoms with Crippen molar-refractivity contribution >= 4 is 11.8 Å². The number of nitrogens with one attached hydrogen (secondary N) is 2. The Hall–Kier alpha value is -1.84. The van der Waals surface area contributed by atoms with Gasteiger partial charge in [0.15, 0.2) is 0 Å². The highest BCUT2D eigenvalue weighted by molar-refractivity contribution is 5.89. The smallest absolute Gasteiger partial charge is 0.243 e. The van der Waals surface area contributed by atoms with Crippen LogP contribution in [0.25, 0.3) is 0 Å². The Kier molecular flexibility index (Phi) is 6.92. The van der Waals surface area contributed by atoms with E-state index in [0.717, 1.165) is 51.4 Å². The first-order valence-corrected chi connectivity index (χ1v) is 10.8. The van der Waals surface area contributed by atoms with Gasteiger partial charge in [0.05, 0.1) is 6.04 Å². The molecule has 3 rings (SSSR count). The third kappa shape index (κ3) is 4.91. The van der Waals surface area contributed by atoms with Crippen LogP contribution >= 0.6 is 0 Å². The van der Waals surface area contributed by atoms with Crippen LogP contribution in [-0.4, -0.2) is 17.9 Å². The minimum Gasteiger partial charge on any atom is -0.347 e. The topological polar surface area (TPSA) is 58.2 Å². The molecule has 0 spiro atoms. The summed E-state index contributed by atoms with van der Waals surface area (Å²) in [7, 11) is 0. The molecule has 2 N–H and O–H groups in total. The zero-order chi connectivity index (χ0) is 19.2. The van der Waals surface area contributed by atoms with Crippen molar-refractivity contribution in [3.05, 3.63) is 35.4 Å². The molecule has 0 bridgehead atoms. The van der Waals surface area contributed by atoms with Crippen LogP contribution in [0.15, 0.2) is 24.3 Å². The Balaban J connectivity index is 1.68. The first kappa shape index (κ1) is 19.9. The minimum atomic E-state index is -0.446. The summed E-state index contributed by atoms with van der Waals surface area (Å²) in [5, 5.41) is 6.34. The molecule has 3 unspecified atom stereocenters. The van der Waals surface area contributed by atoms with Crippen LogP contribution in [0.2, 0.25) is 0 Å². The molecule has 1 aromatic carbocycles. The van der Waals surface area contributed by atoms with Crippen LogP contribution in [0.4, 0.5) is 0 Å². The van der Waals surface area contributed by atoms with Gasteiger partial charge in [-0.05, 0) is 49.1 Å². The molecular weight excluding hydrogens is 336 g/mol. The molecule has 4 heteroatoms. The van der Waals surface area contributed by atoms with Gasteiger partial charge in [-0.25, -0.2) is 0 Å². The van der Waals surface area contributed by atoms with Crippen molar-refractivity contribution < 1.29 is 9.59 Å². The van der Waals surface area contributed by atoms with E-state index in [2.05, 4.69) is 42.7 Å². The first-order valence-electron chi connectivity index (χ1n) is 10.8. The van der Waals surface area contributed by atoms with Crippen molar-refractivity contribution in [1.29, 1.82) is 0 Å². The molecule has 4 nitrogen and oxygen atoms in total. The lowest BCUT2D eigenvalue weighted by atomic mass is 9.86. The van der Waals surface area contributed by atoms with E-state index in [9.17, 15) is 9.59 Å². The van der Waals surface area contributed by atoms with Gasteiger partial charge in [-0.15, -0.1) is 0 Å². The van der Waals surface area contributed by atoms with Crippen molar-refractivity contribution in [3.63, 3.8) is 0 Å². The summed E-state index contributed by atoms with van der Waals surface area (Å²) in [6.07, 6.45) is 9.37. The van der Waals surface area contributed by atoms with Gasteiger partial charge in [0.2, 0.25) is 11.8 Å². The molecule has 0 heterocycles. The molecule has 1 aromatic rings. The SMILES string of the molecule is CCC(C)C(NC(=O)C1CCCCC1)C(=O)NC1CCCc2ccccc21. The number of carbonyl (C=O) groups is 2. The summed E-state index contributed by atoms with van der Waals surface area (Å²) in [4.78, 5) is 25.8. The Morgan fingerprint density at radius 2 is 1.81 bits per heavy atom. The molecule has 0 radical (unpaired) electrons. The third-order valence-corrected chi connectivity index (χ3v) is 6.46. The number of rotatable bonds is 6. The number of fused-ring (bicyclic) bond motifs is 1. The lowest BCUT2D eigenvalue weighted by Gasteiger charge is -2.31. The van der Waals surface area contributed by atoms with Gasteiger partial charge in [-0.3, -0.25) is 9.59 Å². The van der Waals surface area contributed by atoms with Gasteiger partial charge in [-0.1, -0.05) is 63.8 Å². The van der Waals surface area contributed by atoms with Crippen molar-refractivity contribution in [3.8, 4) is 0 Å². The second-order valence-corrected chi connectivity index (χ2v) is 8.36. The highest BCUT2D eigenvalue weighted by atomic mass is 16.2. The molecule has 0 saturated heterocycles. The Morgan fingerprint density at radius 1 is 1.07 bits per heavy atom. The maximum absolute atomic E-state index is 13.1. The van der Waals surface area contributed by atoms with E-state index in [-0.39, 0.29) is 29.7 Å². The predicted molar refractivity (Wildman–Crippen MR) is 108 cm³/mol. The number of carbonyl (C=O) groups excluding carboxylic acids is 2. The van der Waals surface area contributed by atoms with E-state index in [1.807, 2.05) is 6.07 Å². The summed E-state index contributed by atoms with van der Waals surface area (Å²) < 4.78 is 0. The molecule has 1 saturated carbocycles. The molecule has 27 heavy (non-hydrogen) atoms. The average Bonchev–Trinajstić information content (AvgIpc) is 2.72. The summed E-state index contributed by atoms with van der Waals surface area (Å²) in [5.41, 5.74) is 2.57. The monoisotopic (exact) mass is 370 g/mol. The molecular formula is C23H34N2O2. The zero-order valence-electron chi connectivity index (χ0n) is 16.8. The molecule has 3 atom stereocenters. The van der Waals surface area contributed by atoms with Crippen molar-refractivity contribution in [2.45, 2.75) is 83.7 Å². The van der Waals surface area contributed by atoms with Crippen LogP contribution in [-0.2, 0) is 16.0 Å². The molecule has 0 aliphatic heterocycles. The fourth-order valence-corrected chi connectivity index (χ4v) is 4.50. The lowest BCUT2D eigenvalue weighted by Crippen LogP contribution is -2.52. The van der Waals surface area contributed by atoms with Gasteiger partial charge >= 0.3 is 0 Å². The number of hydrogen-bond donors (Lipinski definition) is 2. The zero-order valence-corrected chi connectivity index (χ0v) is 16.8. The van der Waals surface area contributed by atoms with Gasteiger partial charge in [0.1, 0.15) is 6.04 Å². The van der Waals surface area contributed by atoms with Gasteiger partial charge in [0, 0.05) is 5.92 Å². The Morgan fingerprint density at radius 3 is 2.56 bits per heavy atom. The van der Waals surface area contributed by atoms with Crippen LogP contribution in [0, 0.1) is 11.8 Å². The lowest BCUT2D eigenvalue weighted by molar-refractivity contribution is -0.133. The standard InChI is InChI=1S/C23H34N2O2/c1-3-16(2)21(25-22(26)18-11-5-4-6-12-18)23(27)24-20-15-9-13-17-10-7-8-14-19(17)20/h7-8,10,14,16,18,20-21H,3-6,9,11-13,15H2,1-2H3,(H,24,27)(H,25,26). The number of amides is 2. The van der Waals surface area contributed by atoms with Crippen molar-refractivity contribution in [1.82, 2.24) is 10.6 Å². The third-order valence-electron chi connectivity index (χ3n) is 6.46. The molecule has 2 aliphatic carbocycles. The second-order valence-electron chi connectivity index (χ2n) is 8.36. The van der Waals surface area contributed by atoms with Crippen molar-refractivity contribution in [2.75, 3.05) is 0 Å². The fraction of sp³-hybridized carbons (Fsp3) is 0.652. The van der Waals surface area contributed by atoms with Crippen LogP contribution in [0.1, 0.15) is 82.4 Å². The van der Waals surface area contributed by atoms with Crippen LogP contribution < -0.4 is 10.6 Å². The largest absolute Gasteiger partial charge is 0.347 e. The van der Waals surface area contributed by atoms with E-state index in [1.165, 1.54) is 17.5 Å². The average molecular weight is 371 g/mol. The van der Waals surface area contributed by atoms with E-state index in [4.69, 9.17) is 0 Å². The van der Waals surface area contributed by atoms with E-state index < -0.39 is 6.04 Å². The van der Waals surface area contributed by atoms with Gasteiger partial charge < -0.3 is 10.6 Å².